The Morgan fingerprint density at radius 2 is 2.22 bits per heavy atom. The van der Waals surface area contributed by atoms with E-state index in [2.05, 4.69) is 4.98 Å². The quantitative estimate of drug-likeness (QED) is 0.819. The molecule has 0 radical (unpaired) electrons. The van der Waals surface area contributed by atoms with Crippen LogP contribution in [0.2, 0.25) is 0 Å². The van der Waals surface area contributed by atoms with Crippen LogP contribution in [0.1, 0.15) is 35.7 Å². The summed E-state index contributed by atoms with van der Waals surface area (Å²) in [6.45, 7) is 3.43. The van der Waals surface area contributed by atoms with Crippen molar-refractivity contribution in [2.45, 2.75) is 33.2 Å². The van der Waals surface area contributed by atoms with Crippen LogP contribution in [0.4, 0.5) is 8.78 Å². The second-order valence-electron chi connectivity index (χ2n) is 3.76. The van der Waals surface area contributed by atoms with Crippen LogP contribution in [0.15, 0.2) is 6.20 Å². The summed E-state index contributed by atoms with van der Waals surface area (Å²) in [5.41, 5.74) is 6.15. The molecule has 0 aliphatic heterocycles. The van der Waals surface area contributed by atoms with Gasteiger partial charge in [0.1, 0.15) is 0 Å². The molecule has 6 heteroatoms. The van der Waals surface area contributed by atoms with Crippen LogP contribution >= 0.6 is 0 Å². The molecule has 0 amide bonds. The molecule has 0 saturated carbocycles. The Labute approximate surface area is 104 Å². The summed E-state index contributed by atoms with van der Waals surface area (Å²) >= 11 is 0. The highest BCUT2D eigenvalue weighted by Crippen LogP contribution is 2.27. The van der Waals surface area contributed by atoms with Gasteiger partial charge in [-0.3, -0.25) is 9.78 Å². The third-order valence-electron chi connectivity index (χ3n) is 2.62. The van der Waals surface area contributed by atoms with E-state index in [1.807, 2.05) is 0 Å². The smallest absolute Gasteiger partial charge is 0.310 e. The minimum Gasteiger partial charge on any atom is -0.466 e. The average Bonchev–Trinajstić information content (AvgIpc) is 2.31. The number of ether oxygens (including phenoxy) is 1. The van der Waals surface area contributed by atoms with E-state index in [1.165, 1.54) is 13.1 Å². The first kappa shape index (κ1) is 14.5. The molecule has 0 saturated heterocycles. The molecule has 4 nitrogen and oxygen atoms in total. The van der Waals surface area contributed by atoms with Gasteiger partial charge in [-0.1, -0.05) is 0 Å². The monoisotopic (exact) mass is 258 g/mol. The maximum Gasteiger partial charge on any atom is 0.310 e. The minimum absolute atomic E-state index is 0.0554. The normalized spacial score (nSPS) is 10.8. The number of nitrogens with zero attached hydrogens (tertiary/aromatic N) is 1. The lowest BCUT2D eigenvalue weighted by molar-refractivity contribution is -0.142. The molecule has 1 aromatic heterocycles. The van der Waals surface area contributed by atoms with Crippen molar-refractivity contribution in [3.8, 4) is 0 Å². The van der Waals surface area contributed by atoms with Crippen LogP contribution in [0.5, 0.6) is 0 Å². The summed E-state index contributed by atoms with van der Waals surface area (Å²) in [6.07, 6.45) is -1.31. The highest BCUT2D eigenvalue weighted by atomic mass is 19.3. The van der Waals surface area contributed by atoms with E-state index in [0.29, 0.717) is 11.1 Å². The van der Waals surface area contributed by atoms with Crippen LogP contribution in [0.3, 0.4) is 0 Å². The summed E-state index contributed by atoms with van der Waals surface area (Å²) in [5.74, 6) is -0.455. The van der Waals surface area contributed by atoms with Crippen molar-refractivity contribution in [1.82, 2.24) is 4.98 Å². The summed E-state index contributed by atoms with van der Waals surface area (Å²) < 4.78 is 30.6. The van der Waals surface area contributed by atoms with Gasteiger partial charge in [-0.25, -0.2) is 8.78 Å². The first-order valence-electron chi connectivity index (χ1n) is 5.62. The van der Waals surface area contributed by atoms with E-state index < -0.39 is 12.4 Å². The highest BCUT2D eigenvalue weighted by molar-refractivity contribution is 5.73. The molecule has 2 N–H and O–H groups in total. The van der Waals surface area contributed by atoms with Gasteiger partial charge in [-0.15, -0.1) is 0 Å². The fourth-order valence-corrected chi connectivity index (χ4v) is 1.71. The van der Waals surface area contributed by atoms with Crippen molar-refractivity contribution in [2.75, 3.05) is 6.61 Å². The third kappa shape index (κ3) is 3.22. The van der Waals surface area contributed by atoms with Crippen LogP contribution < -0.4 is 5.73 Å². The van der Waals surface area contributed by atoms with Gasteiger partial charge in [0, 0.05) is 18.3 Å². The van der Waals surface area contributed by atoms with Gasteiger partial charge in [0.2, 0.25) is 0 Å². The zero-order valence-corrected chi connectivity index (χ0v) is 10.4. The molecule has 0 aliphatic carbocycles. The zero-order chi connectivity index (χ0) is 13.7. The molecule has 0 spiro atoms. The molecule has 0 bridgehead atoms. The first-order valence-corrected chi connectivity index (χ1v) is 5.62. The van der Waals surface area contributed by atoms with Crippen molar-refractivity contribution < 1.29 is 18.3 Å². The molecule has 0 aliphatic rings. The lowest BCUT2D eigenvalue weighted by Crippen LogP contribution is -2.13. The van der Waals surface area contributed by atoms with Gasteiger partial charge in [0.25, 0.3) is 6.43 Å². The van der Waals surface area contributed by atoms with Gasteiger partial charge in [0.15, 0.2) is 0 Å². The summed E-state index contributed by atoms with van der Waals surface area (Å²) in [5, 5.41) is 0. The van der Waals surface area contributed by atoms with E-state index in [9.17, 15) is 13.6 Å². The van der Waals surface area contributed by atoms with Gasteiger partial charge in [-0.2, -0.15) is 0 Å². The molecule has 0 unspecified atom stereocenters. The van der Waals surface area contributed by atoms with Crippen molar-refractivity contribution in [1.29, 1.82) is 0 Å². The number of alkyl halides is 2. The van der Waals surface area contributed by atoms with Gasteiger partial charge < -0.3 is 10.5 Å². The molecule has 0 aromatic carbocycles. The second kappa shape index (κ2) is 6.39. The molecule has 1 rings (SSSR count). The van der Waals surface area contributed by atoms with Crippen LogP contribution in [-0.4, -0.2) is 17.6 Å². The number of rotatable bonds is 5. The van der Waals surface area contributed by atoms with Crippen molar-refractivity contribution in [3.05, 3.63) is 28.6 Å². The minimum atomic E-state index is -2.65. The Morgan fingerprint density at radius 3 is 2.72 bits per heavy atom. The molecule has 0 atom stereocenters. The fraction of sp³-hybridized carbons (Fsp3) is 0.500. The lowest BCUT2D eigenvalue weighted by atomic mass is 10.0. The maximum absolute atomic E-state index is 12.9. The van der Waals surface area contributed by atoms with E-state index in [1.54, 1.807) is 6.92 Å². The van der Waals surface area contributed by atoms with Crippen LogP contribution in [0, 0.1) is 6.92 Å². The first-order chi connectivity index (χ1) is 8.51. The average molecular weight is 258 g/mol. The molecule has 1 aromatic rings. The van der Waals surface area contributed by atoms with Crippen LogP contribution in [-0.2, 0) is 22.5 Å². The van der Waals surface area contributed by atoms with Crippen LogP contribution in [0.25, 0.3) is 0 Å². The maximum atomic E-state index is 12.9. The Morgan fingerprint density at radius 1 is 1.56 bits per heavy atom. The van der Waals surface area contributed by atoms with Crippen molar-refractivity contribution >= 4 is 5.97 Å². The number of hydrogen-bond donors (Lipinski definition) is 1. The zero-order valence-electron chi connectivity index (χ0n) is 10.4. The molecular weight excluding hydrogens is 242 g/mol. The summed E-state index contributed by atoms with van der Waals surface area (Å²) in [6, 6.07) is 0. The molecule has 18 heavy (non-hydrogen) atoms. The summed E-state index contributed by atoms with van der Waals surface area (Å²) in [7, 11) is 0. The van der Waals surface area contributed by atoms with Crippen molar-refractivity contribution in [2.24, 2.45) is 5.73 Å². The Hall–Kier alpha value is -1.56. The fourth-order valence-electron chi connectivity index (χ4n) is 1.71. The van der Waals surface area contributed by atoms with E-state index in [-0.39, 0.29) is 30.8 Å². The number of nitrogens with two attached hydrogens (primary N) is 1. The summed E-state index contributed by atoms with van der Waals surface area (Å²) in [4.78, 5) is 15.2. The Balaban J connectivity index is 3.08. The number of pyridine rings is 1. The Kier molecular flexibility index (Phi) is 5.15. The van der Waals surface area contributed by atoms with E-state index in [4.69, 9.17) is 10.5 Å². The Bertz CT molecular complexity index is 436. The number of aromatic nitrogens is 1. The predicted octanol–water partition coefficient (Wildman–Crippen LogP) is 1.89. The number of carbonyl (C=O) groups excluding carboxylic acids is 1. The van der Waals surface area contributed by atoms with Gasteiger partial charge >= 0.3 is 5.97 Å². The second-order valence-corrected chi connectivity index (χ2v) is 3.76. The lowest BCUT2D eigenvalue weighted by Gasteiger charge is -2.13. The number of carbonyl (C=O) groups is 1. The largest absolute Gasteiger partial charge is 0.466 e. The standard InChI is InChI=1S/C12H16F2N2O2/c1-3-18-10(17)4-8-6-16-9(5-15)11(7(8)2)12(13)14/h6,12H,3-5,15H2,1-2H3. The van der Waals surface area contributed by atoms with Gasteiger partial charge in [-0.05, 0) is 25.0 Å². The molecular formula is C12H16F2N2O2. The molecule has 1 heterocycles. The SMILES string of the molecule is CCOC(=O)Cc1cnc(CN)c(C(F)F)c1C. The van der Waals surface area contributed by atoms with Gasteiger partial charge in [0.05, 0.1) is 18.7 Å². The topological polar surface area (TPSA) is 65.2 Å². The highest BCUT2D eigenvalue weighted by Gasteiger charge is 2.20. The van der Waals surface area contributed by atoms with Crippen molar-refractivity contribution in [3.63, 3.8) is 0 Å². The number of hydrogen-bond acceptors (Lipinski definition) is 4. The molecule has 0 fully saturated rings. The van der Waals surface area contributed by atoms with E-state index >= 15 is 0 Å². The number of halogens is 2. The molecule has 100 valence electrons. The predicted molar refractivity (Wildman–Crippen MR) is 62.2 cm³/mol. The van der Waals surface area contributed by atoms with E-state index in [0.717, 1.165) is 0 Å². The number of esters is 1. The third-order valence-corrected chi connectivity index (χ3v) is 2.62.